The minimum Gasteiger partial charge on any atom is -0.348 e. The number of nitrogens with one attached hydrogen (secondary N) is 2. The van der Waals surface area contributed by atoms with E-state index in [1.807, 2.05) is 12.1 Å². The molecule has 1 aromatic heterocycles. The second-order valence-corrected chi connectivity index (χ2v) is 6.82. The molecule has 0 unspecified atom stereocenters. The maximum atomic E-state index is 12.4. The third-order valence-electron chi connectivity index (χ3n) is 4.94. The van der Waals surface area contributed by atoms with Gasteiger partial charge in [-0.3, -0.25) is 4.79 Å². The van der Waals surface area contributed by atoms with Gasteiger partial charge in [0, 0.05) is 11.7 Å². The van der Waals surface area contributed by atoms with E-state index in [0.717, 1.165) is 18.5 Å². The fraction of sp³-hybridized carbons (Fsp3) is 0.450. The zero-order valence-corrected chi connectivity index (χ0v) is 15.0. The first-order chi connectivity index (χ1) is 12.1. The van der Waals surface area contributed by atoms with E-state index in [-0.39, 0.29) is 11.9 Å². The summed E-state index contributed by atoms with van der Waals surface area (Å²) in [5.74, 6) is 0.511. The highest BCUT2D eigenvalue weighted by Crippen LogP contribution is 2.21. The van der Waals surface area contributed by atoms with Crippen LogP contribution in [0.3, 0.4) is 0 Å². The van der Waals surface area contributed by atoms with E-state index >= 15 is 0 Å². The fourth-order valence-electron chi connectivity index (χ4n) is 3.22. The van der Waals surface area contributed by atoms with E-state index in [0.29, 0.717) is 11.5 Å². The summed E-state index contributed by atoms with van der Waals surface area (Å²) in [5.41, 5.74) is 3.78. The largest absolute Gasteiger partial charge is 0.348 e. The minimum atomic E-state index is -0.127. The summed E-state index contributed by atoms with van der Waals surface area (Å²) in [6.07, 6.45) is 10.2. The molecule has 5 nitrogen and oxygen atoms in total. The number of hydrogen-bond acceptors (Lipinski definition) is 4. The van der Waals surface area contributed by atoms with Gasteiger partial charge in [-0.25, -0.2) is 9.97 Å². The lowest BCUT2D eigenvalue weighted by Gasteiger charge is -2.16. The number of aromatic nitrogens is 2. The molecule has 1 saturated carbocycles. The Labute approximate surface area is 149 Å². The van der Waals surface area contributed by atoms with Crippen LogP contribution in [0, 0.1) is 13.8 Å². The van der Waals surface area contributed by atoms with Crippen molar-refractivity contribution < 1.29 is 4.79 Å². The van der Waals surface area contributed by atoms with Crippen LogP contribution in [0.4, 0.5) is 11.5 Å². The number of rotatable bonds is 4. The Morgan fingerprint density at radius 3 is 2.48 bits per heavy atom. The van der Waals surface area contributed by atoms with Gasteiger partial charge < -0.3 is 10.6 Å². The standard InChI is InChI=1S/C20H26N4O/c1-14-8-7-11-17(15(14)2)24-19-13-21-18(12-22-19)20(25)23-16-9-5-3-4-6-10-16/h7-8,11-13,16H,3-6,9-10H2,1-2H3,(H,22,24)(H,23,25). The van der Waals surface area contributed by atoms with Gasteiger partial charge in [-0.05, 0) is 43.9 Å². The quantitative estimate of drug-likeness (QED) is 0.816. The van der Waals surface area contributed by atoms with Gasteiger partial charge >= 0.3 is 0 Å². The highest BCUT2D eigenvalue weighted by molar-refractivity contribution is 5.92. The normalized spacial score (nSPS) is 15.4. The van der Waals surface area contributed by atoms with Crippen LogP contribution in [0.15, 0.2) is 30.6 Å². The molecule has 0 saturated heterocycles. The van der Waals surface area contributed by atoms with E-state index in [4.69, 9.17) is 0 Å². The van der Waals surface area contributed by atoms with Crippen molar-refractivity contribution in [1.82, 2.24) is 15.3 Å². The molecule has 1 fully saturated rings. The zero-order valence-electron chi connectivity index (χ0n) is 15.0. The van der Waals surface area contributed by atoms with Crippen LogP contribution >= 0.6 is 0 Å². The van der Waals surface area contributed by atoms with Crippen molar-refractivity contribution in [2.45, 2.75) is 58.4 Å². The number of carbonyl (C=O) groups excluding carboxylic acids is 1. The number of anilines is 2. The molecular weight excluding hydrogens is 312 g/mol. The Bertz CT molecular complexity index is 719. The molecule has 5 heteroatoms. The molecule has 0 radical (unpaired) electrons. The predicted molar refractivity (Wildman–Crippen MR) is 100 cm³/mol. The third kappa shape index (κ3) is 4.56. The first-order valence-electron chi connectivity index (χ1n) is 9.09. The minimum absolute atomic E-state index is 0.127. The van der Waals surface area contributed by atoms with Crippen LogP contribution in [-0.4, -0.2) is 21.9 Å². The Hall–Kier alpha value is -2.43. The van der Waals surface area contributed by atoms with Crippen molar-refractivity contribution in [3.63, 3.8) is 0 Å². The van der Waals surface area contributed by atoms with E-state index in [9.17, 15) is 4.79 Å². The predicted octanol–water partition coefficient (Wildman–Crippen LogP) is 4.29. The summed E-state index contributed by atoms with van der Waals surface area (Å²) in [7, 11) is 0. The average Bonchev–Trinajstić information content (AvgIpc) is 2.88. The number of hydrogen-bond donors (Lipinski definition) is 2. The van der Waals surface area contributed by atoms with E-state index in [1.54, 1.807) is 12.4 Å². The van der Waals surface area contributed by atoms with Gasteiger partial charge in [0.2, 0.25) is 0 Å². The van der Waals surface area contributed by atoms with Crippen molar-refractivity contribution in [3.05, 3.63) is 47.4 Å². The molecule has 2 N–H and O–H groups in total. The molecule has 3 rings (SSSR count). The van der Waals surface area contributed by atoms with E-state index in [1.165, 1.54) is 36.8 Å². The Morgan fingerprint density at radius 2 is 1.80 bits per heavy atom. The maximum absolute atomic E-state index is 12.4. The molecule has 0 aliphatic heterocycles. The number of amides is 1. The summed E-state index contributed by atoms with van der Waals surface area (Å²) in [4.78, 5) is 21.0. The van der Waals surface area contributed by atoms with Crippen molar-refractivity contribution in [2.75, 3.05) is 5.32 Å². The van der Waals surface area contributed by atoms with Crippen molar-refractivity contribution in [1.29, 1.82) is 0 Å². The number of nitrogens with zero attached hydrogens (tertiary/aromatic N) is 2. The highest BCUT2D eigenvalue weighted by Gasteiger charge is 2.16. The molecule has 1 aliphatic rings. The van der Waals surface area contributed by atoms with Crippen LogP contribution < -0.4 is 10.6 Å². The fourth-order valence-corrected chi connectivity index (χ4v) is 3.22. The van der Waals surface area contributed by atoms with Gasteiger partial charge in [-0.2, -0.15) is 0 Å². The first-order valence-corrected chi connectivity index (χ1v) is 9.09. The van der Waals surface area contributed by atoms with Gasteiger partial charge in [-0.1, -0.05) is 37.8 Å². The van der Waals surface area contributed by atoms with E-state index in [2.05, 4.69) is 40.5 Å². The highest BCUT2D eigenvalue weighted by atomic mass is 16.1. The molecule has 0 spiro atoms. The Balaban J connectivity index is 1.63. The van der Waals surface area contributed by atoms with Crippen molar-refractivity contribution in [3.8, 4) is 0 Å². The second-order valence-electron chi connectivity index (χ2n) is 6.82. The van der Waals surface area contributed by atoms with Gasteiger partial charge in [0.05, 0.1) is 12.4 Å². The molecule has 1 aliphatic carbocycles. The zero-order chi connectivity index (χ0) is 17.6. The Morgan fingerprint density at radius 1 is 1.04 bits per heavy atom. The second kappa shape index (κ2) is 8.10. The number of carbonyl (C=O) groups is 1. The van der Waals surface area contributed by atoms with Gasteiger partial charge in [0.25, 0.3) is 5.91 Å². The molecule has 1 aromatic carbocycles. The summed E-state index contributed by atoms with van der Waals surface area (Å²) in [6.45, 7) is 4.15. The monoisotopic (exact) mass is 338 g/mol. The SMILES string of the molecule is Cc1cccc(Nc2cnc(C(=O)NC3CCCCCC3)cn2)c1C. The van der Waals surface area contributed by atoms with Crippen LogP contribution in [0.1, 0.15) is 60.1 Å². The lowest BCUT2D eigenvalue weighted by molar-refractivity contribution is 0.0928. The first kappa shape index (κ1) is 17.4. The Kier molecular flexibility index (Phi) is 5.64. The number of aryl methyl sites for hydroxylation is 1. The molecule has 1 heterocycles. The molecule has 25 heavy (non-hydrogen) atoms. The molecule has 1 amide bonds. The average molecular weight is 338 g/mol. The molecule has 0 bridgehead atoms. The smallest absolute Gasteiger partial charge is 0.271 e. The summed E-state index contributed by atoms with van der Waals surface area (Å²) in [6, 6.07) is 6.36. The van der Waals surface area contributed by atoms with Crippen molar-refractivity contribution >= 4 is 17.4 Å². The van der Waals surface area contributed by atoms with Crippen molar-refractivity contribution in [2.24, 2.45) is 0 Å². The maximum Gasteiger partial charge on any atom is 0.271 e. The van der Waals surface area contributed by atoms with Gasteiger partial charge in [0.15, 0.2) is 0 Å². The topological polar surface area (TPSA) is 66.9 Å². The molecular formula is C20H26N4O. The summed E-state index contributed by atoms with van der Waals surface area (Å²) < 4.78 is 0. The lowest BCUT2D eigenvalue weighted by Crippen LogP contribution is -2.34. The summed E-state index contributed by atoms with van der Waals surface area (Å²) in [5, 5.41) is 6.36. The molecule has 0 atom stereocenters. The third-order valence-corrected chi connectivity index (χ3v) is 4.94. The van der Waals surface area contributed by atoms with Gasteiger partial charge in [0.1, 0.15) is 11.5 Å². The van der Waals surface area contributed by atoms with Crippen LogP contribution in [0.5, 0.6) is 0 Å². The van der Waals surface area contributed by atoms with Crippen LogP contribution in [0.2, 0.25) is 0 Å². The lowest BCUT2D eigenvalue weighted by atomic mass is 10.1. The number of benzene rings is 1. The van der Waals surface area contributed by atoms with E-state index < -0.39 is 0 Å². The van der Waals surface area contributed by atoms with Crippen LogP contribution in [-0.2, 0) is 0 Å². The molecule has 132 valence electrons. The van der Waals surface area contributed by atoms with Crippen LogP contribution in [0.25, 0.3) is 0 Å². The van der Waals surface area contributed by atoms with Gasteiger partial charge in [-0.15, -0.1) is 0 Å². The summed E-state index contributed by atoms with van der Waals surface area (Å²) >= 11 is 0. The molecule has 2 aromatic rings.